The van der Waals surface area contributed by atoms with E-state index in [1.165, 1.54) is 11.3 Å². The maximum atomic E-state index is 11.7. The summed E-state index contributed by atoms with van der Waals surface area (Å²) in [6.07, 6.45) is 2.71. The molecule has 0 bridgehead atoms. The minimum Gasteiger partial charge on any atom is -0.315 e. The van der Waals surface area contributed by atoms with E-state index >= 15 is 0 Å². The fourth-order valence-electron chi connectivity index (χ4n) is 1.26. The van der Waals surface area contributed by atoms with E-state index in [-0.39, 0.29) is 17.7 Å². The van der Waals surface area contributed by atoms with Gasteiger partial charge in [-0.1, -0.05) is 0 Å². The zero-order chi connectivity index (χ0) is 8.39. The molecule has 1 aromatic rings. The van der Waals surface area contributed by atoms with E-state index in [9.17, 15) is 4.21 Å². The van der Waals surface area contributed by atoms with Crippen molar-refractivity contribution in [2.45, 2.75) is 16.0 Å². The van der Waals surface area contributed by atoms with Gasteiger partial charge in [-0.15, -0.1) is 23.7 Å². The van der Waals surface area contributed by atoms with E-state index in [4.69, 9.17) is 0 Å². The fourth-order valence-corrected chi connectivity index (χ4v) is 3.63. The minimum atomic E-state index is -0.883. The van der Waals surface area contributed by atoms with E-state index in [0.29, 0.717) is 0 Å². The van der Waals surface area contributed by atoms with Gasteiger partial charge in [0, 0.05) is 18.1 Å². The van der Waals surface area contributed by atoms with Crippen LogP contribution in [0.4, 0.5) is 0 Å². The monoisotopic (exact) mass is 238 g/mol. The second-order valence-electron chi connectivity index (χ2n) is 2.71. The van der Waals surface area contributed by atoms with Crippen molar-refractivity contribution in [3.63, 3.8) is 0 Å². The van der Waals surface area contributed by atoms with Crippen molar-refractivity contribution in [3.8, 4) is 0 Å². The number of hydrogen-bond donors (Lipinski definition) is 1. The summed E-state index contributed by atoms with van der Waals surface area (Å²) in [5.41, 5.74) is 0. The Morgan fingerprint density at radius 3 is 3.08 bits per heavy atom. The summed E-state index contributed by atoms with van der Waals surface area (Å²) in [6, 6.07) is 0. The highest BCUT2D eigenvalue weighted by molar-refractivity contribution is 7.87. The molecule has 0 radical (unpaired) electrons. The van der Waals surface area contributed by atoms with Gasteiger partial charge in [-0.3, -0.25) is 4.21 Å². The summed E-state index contributed by atoms with van der Waals surface area (Å²) >= 11 is 1.48. The Labute approximate surface area is 89.8 Å². The van der Waals surface area contributed by atoms with Crippen molar-refractivity contribution < 1.29 is 4.21 Å². The molecule has 74 valence electrons. The molecule has 13 heavy (non-hydrogen) atoms. The quantitative estimate of drug-likeness (QED) is 0.837. The van der Waals surface area contributed by atoms with Crippen LogP contribution in [0.2, 0.25) is 0 Å². The lowest BCUT2D eigenvalue weighted by atomic mass is 10.4. The van der Waals surface area contributed by atoms with Crippen LogP contribution in [0.25, 0.3) is 0 Å². The molecule has 1 N–H and O–H groups in total. The summed E-state index contributed by atoms with van der Waals surface area (Å²) in [4.78, 5) is 4.05. The Morgan fingerprint density at radius 2 is 2.54 bits per heavy atom. The van der Waals surface area contributed by atoms with Gasteiger partial charge in [-0.2, -0.15) is 0 Å². The number of hydrogen-bond acceptors (Lipinski definition) is 4. The molecule has 2 atom stereocenters. The molecule has 1 aromatic heterocycles. The molecule has 1 fully saturated rings. The molecule has 0 spiro atoms. The molecule has 2 rings (SSSR count). The number of thiazole rings is 1. The summed E-state index contributed by atoms with van der Waals surface area (Å²) in [5.74, 6) is 0. The summed E-state index contributed by atoms with van der Waals surface area (Å²) in [5, 5.41) is 5.34. The number of nitrogens with one attached hydrogen (secondary N) is 1. The molecule has 0 aliphatic carbocycles. The third-order valence-electron chi connectivity index (χ3n) is 1.90. The lowest BCUT2D eigenvalue weighted by Gasteiger charge is -2.03. The second-order valence-corrected chi connectivity index (χ2v) is 5.51. The van der Waals surface area contributed by atoms with Crippen LogP contribution in [0.15, 0.2) is 15.9 Å². The molecule has 0 aromatic carbocycles. The van der Waals surface area contributed by atoms with E-state index in [1.807, 2.05) is 5.38 Å². The van der Waals surface area contributed by atoms with Gasteiger partial charge in [0.05, 0.1) is 16.0 Å². The number of aromatic nitrogens is 1. The Kier molecular flexibility index (Phi) is 4.31. The lowest BCUT2D eigenvalue weighted by Crippen LogP contribution is -2.18. The summed E-state index contributed by atoms with van der Waals surface area (Å²) in [7, 11) is -0.883. The molecule has 1 aliphatic heterocycles. The van der Waals surface area contributed by atoms with Crippen LogP contribution in [-0.4, -0.2) is 27.5 Å². The van der Waals surface area contributed by atoms with Crippen molar-refractivity contribution in [2.24, 2.45) is 0 Å². The molecule has 1 saturated heterocycles. The Hall–Kier alpha value is 0.0300. The third kappa shape index (κ3) is 2.49. The summed E-state index contributed by atoms with van der Waals surface area (Å²) in [6.45, 7) is 1.86. The normalized spacial score (nSPS) is 23.8. The van der Waals surface area contributed by atoms with Gasteiger partial charge < -0.3 is 5.32 Å². The van der Waals surface area contributed by atoms with Crippen molar-refractivity contribution in [2.75, 3.05) is 13.1 Å². The molecule has 6 heteroatoms. The molecular formula is C7H11ClN2OS2. The Bertz CT molecular complexity index is 272. The lowest BCUT2D eigenvalue weighted by molar-refractivity contribution is 0.671. The van der Waals surface area contributed by atoms with Crippen LogP contribution in [0.1, 0.15) is 6.42 Å². The number of halogens is 1. The van der Waals surface area contributed by atoms with E-state index < -0.39 is 10.8 Å². The van der Waals surface area contributed by atoms with Gasteiger partial charge >= 0.3 is 0 Å². The SMILES string of the molecule is Cl.O=[S@@](c1nccs1)[C@H]1CCNC1. The van der Waals surface area contributed by atoms with Crippen molar-refractivity contribution in [3.05, 3.63) is 11.6 Å². The largest absolute Gasteiger partial charge is 0.315 e. The van der Waals surface area contributed by atoms with Gasteiger partial charge in [0.2, 0.25) is 0 Å². The van der Waals surface area contributed by atoms with Crippen LogP contribution < -0.4 is 5.32 Å². The minimum absolute atomic E-state index is 0. The fraction of sp³-hybridized carbons (Fsp3) is 0.571. The maximum absolute atomic E-state index is 11.7. The predicted molar refractivity (Wildman–Crippen MR) is 57.0 cm³/mol. The summed E-state index contributed by atoms with van der Waals surface area (Å²) < 4.78 is 12.5. The average Bonchev–Trinajstić information content (AvgIpc) is 2.77. The van der Waals surface area contributed by atoms with E-state index in [2.05, 4.69) is 10.3 Å². The topological polar surface area (TPSA) is 42.0 Å². The first kappa shape index (κ1) is 11.1. The van der Waals surface area contributed by atoms with Gasteiger partial charge in [0.15, 0.2) is 4.34 Å². The van der Waals surface area contributed by atoms with Gasteiger partial charge in [-0.25, -0.2) is 4.98 Å². The first-order valence-electron chi connectivity index (χ1n) is 3.89. The van der Waals surface area contributed by atoms with Crippen LogP contribution in [0.5, 0.6) is 0 Å². The third-order valence-corrected chi connectivity index (χ3v) is 4.70. The Balaban J connectivity index is 0.000000845. The van der Waals surface area contributed by atoms with E-state index in [1.54, 1.807) is 6.20 Å². The van der Waals surface area contributed by atoms with Crippen LogP contribution in [-0.2, 0) is 10.8 Å². The van der Waals surface area contributed by atoms with Gasteiger partial charge in [0.25, 0.3) is 0 Å². The second kappa shape index (κ2) is 5.05. The molecule has 2 heterocycles. The Morgan fingerprint density at radius 1 is 1.69 bits per heavy atom. The van der Waals surface area contributed by atoms with Gasteiger partial charge in [-0.05, 0) is 13.0 Å². The molecule has 0 saturated carbocycles. The molecule has 0 unspecified atom stereocenters. The zero-order valence-electron chi connectivity index (χ0n) is 6.93. The number of rotatable bonds is 2. The average molecular weight is 239 g/mol. The van der Waals surface area contributed by atoms with Crippen molar-refractivity contribution in [1.82, 2.24) is 10.3 Å². The molecular weight excluding hydrogens is 228 g/mol. The molecule has 1 aliphatic rings. The molecule has 3 nitrogen and oxygen atoms in total. The molecule has 0 amide bonds. The highest BCUT2D eigenvalue weighted by Gasteiger charge is 2.23. The zero-order valence-corrected chi connectivity index (χ0v) is 9.38. The van der Waals surface area contributed by atoms with Crippen LogP contribution >= 0.6 is 23.7 Å². The number of nitrogens with zero attached hydrogens (tertiary/aromatic N) is 1. The van der Waals surface area contributed by atoms with Crippen LogP contribution in [0, 0.1) is 0 Å². The van der Waals surface area contributed by atoms with Crippen molar-refractivity contribution >= 4 is 34.5 Å². The predicted octanol–water partition coefficient (Wildman–Crippen LogP) is 1.03. The van der Waals surface area contributed by atoms with E-state index in [0.717, 1.165) is 23.8 Å². The highest BCUT2D eigenvalue weighted by Crippen LogP contribution is 2.17. The maximum Gasteiger partial charge on any atom is 0.180 e. The van der Waals surface area contributed by atoms with Crippen molar-refractivity contribution in [1.29, 1.82) is 0 Å². The van der Waals surface area contributed by atoms with Crippen LogP contribution in [0.3, 0.4) is 0 Å². The van der Waals surface area contributed by atoms with Gasteiger partial charge in [0.1, 0.15) is 0 Å². The highest BCUT2D eigenvalue weighted by atomic mass is 35.5. The first-order valence-corrected chi connectivity index (χ1v) is 5.98. The first-order chi connectivity index (χ1) is 5.88. The standard InChI is InChI=1S/C7H10N2OS2.ClH/c10-12(6-1-2-8-5-6)7-9-3-4-11-7;/h3-4,6,8H,1-2,5H2;1H/t6-,12+;/m0./s1. The smallest absolute Gasteiger partial charge is 0.180 e.